The average molecular weight is 428 g/mol. The zero-order valence-corrected chi connectivity index (χ0v) is 16.5. The Hall–Kier alpha value is -1.91. The lowest BCUT2D eigenvalue weighted by Crippen LogP contribution is -2.36. The minimum atomic E-state index is -6.09. The van der Waals surface area contributed by atoms with E-state index in [1.54, 1.807) is 6.20 Å². The standard InChI is InChI=1S/C15H23N2O3.CHF3O3S/c1-5-9-18-10-11-19-12-13-20-14-7-6-8-16-15(14)17(2,3)4;2-1(3,4)8(5,6)7/h1,6-8H,9-13H2,2-4H3;(H,5,6,7)/q+1;/p-1. The number of aromatic nitrogens is 1. The quantitative estimate of drug-likeness (QED) is 0.193. The fourth-order valence-corrected chi connectivity index (χ4v) is 1.56. The summed E-state index contributed by atoms with van der Waals surface area (Å²) in [5.74, 6) is 4.08. The van der Waals surface area contributed by atoms with Gasteiger partial charge in [0.25, 0.3) is 5.82 Å². The van der Waals surface area contributed by atoms with Gasteiger partial charge in [-0.2, -0.15) is 13.2 Å². The molecule has 28 heavy (non-hydrogen) atoms. The first-order chi connectivity index (χ1) is 12.8. The van der Waals surface area contributed by atoms with Crippen LogP contribution in [0.1, 0.15) is 0 Å². The topological polar surface area (TPSA) is 97.8 Å². The molecule has 0 aliphatic rings. The number of quaternary nitrogens is 1. The summed E-state index contributed by atoms with van der Waals surface area (Å²) in [4.78, 5) is 4.37. The first-order valence-corrected chi connectivity index (χ1v) is 9.22. The Kier molecular flexibility index (Phi) is 11.0. The summed E-state index contributed by atoms with van der Waals surface area (Å²) in [6.07, 6.45) is 6.83. The van der Waals surface area contributed by atoms with Gasteiger partial charge in [0.1, 0.15) is 13.2 Å². The molecule has 0 radical (unpaired) electrons. The molecular weight excluding hydrogens is 405 g/mol. The third kappa shape index (κ3) is 11.1. The largest absolute Gasteiger partial charge is 0.741 e. The van der Waals surface area contributed by atoms with E-state index in [1.807, 2.05) is 12.1 Å². The summed E-state index contributed by atoms with van der Waals surface area (Å²) in [5, 5.41) is 0. The molecule has 0 aliphatic heterocycles. The van der Waals surface area contributed by atoms with Crippen LogP contribution in [0.3, 0.4) is 0 Å². The van der Waals surface area contributed by atoms with E-state index >= 15 is 0 Å². The van der Waals surface area contributed by atoms with Gasteiger partial charge in [-0.25, -0.2) is 13.4 Å². The Bertz CT molecular complexity index is 727. The number of ether oxygens (including phenoxy) is 3. The van der Waals surface area contributed by atoms with Crippen molar-refractivity contribution in [1.29, 1.82) is 0 Å². The van der Waals surface area contributed by atoms with Crippen molar-refractivity contribution in [2.24, 2.45) is 0 Å². The monoisotopic (exact) mass is 428 g/mol. The third-order valence-corrected chi connectivity index (χ3v) is 3.28. The lowest BCUT2D eigenvalue weighted by Gasteiger charge is -2.23. The zero-order valence-electron chi connectivity index (χ0n) is 15.7. The van der Waals surface area contributed by atoms with Crippen molar-refractivity contribution in [1.82, 2.24) is 9.47 Å². The highest BCUT2D eigenvalue weighted by molar-refractivity contribution is 7.86. The molecule has 1 rings (SSSR count). The third-order valence-electron chi connectivity index (χ3n) is 2.71. The van der Waals surface area contributed by atoms with Crippen molar-refractivity contribution in [3.05, 3.63) is 18.3 Å². The molecule has 0 amide bonds. The Labute approximate surface area is 162 Å². The normalized spacial score (nSPS) is 11.9. The SMILES string of the molecule is C#CCOCCOCCOc1cccnc1[N+](C)(C)C.O=S(=O)([O-])C(F)(F)F. The van der Waals surface area contributed by atoms with E-state index in [9.17, 15) is 13.2 Å². The van der Waals surface area contributed by atoms with Crippen LogP contribution in [0, 0.1) is 12.3 Å². The molecular formula is C16H23F3N2O6S. The molecule has 1 aromatic rings. The molecule has 0 unspecified atom stereocenters. The van der Waals surface area contributed by atoms with Crippen molar-refractivity contribution >= 4 is 15.9 Å². The summed E-state index contributed by atoms with van der Waals surface area (Å²) in [7, 11) is 0.0601. The van der Waals surface area contributed by atoms with Gasteiger partial charge < -0.3 is 18.8 Å². The van der Waals surface area contributed by atoms with Gasteiger partial charge in [-0.15, -0.1) is 6.42 Å². The molecule has 12 heteroatoms. The van der Waals surface area contributed by atoms with E-state index < -0.39 is 15.6 Å². The fraction of sp³-hybridized carbons (Fsp3) is 0.562. The maximum atomic E-state index is 10.7. The van der Waals surface area contributed by atoms with Crippen LogP contribution in [-0.4, -0.2) is 77.6 Å². The van der Waals surface area contributed by atoms with E-state index in [0.717, 1.165) is 11.6 Å². The summed E-state index contributed by atoms with van der Waals surface area (Å²) in [6.45, 7) is 2.32. The molecule has 160 valence electrons. The molecule has 0 saturated carbocycles. The Morgan fingerprint density at radius 1 is 1.18 bits per heavy atom. The Morgan fingerprint density at radius 2 is 1.71 bits per heavy atom. The number of nitrogens with zero attached hydrogens (tertiary/aromatic N) is 2. The maximum Gasteiger partial charge on any atom is 0.485 e. The minimum absolute atomic E-state index is 0.322. The van der Waals surface area contributed by atoms with Gasteiger partial charge in [0, 0.05) is 6.20 Å². The maximum absolute atomic E-state index is 10.7. The van der Waals surface area contributed by atoms with Gasteiger partial charge in [-0.05, 0) is 12.1 Å². The number of hydrogen-bond acceptors (Lipinski definition) is 7. The van der Waals surface area contributed by atoms with E-state index in [4.69, 9.17) is 33.6 Å². The first kappa shape index (κ1) is 26.1. The van der Waals surface area contributed by atoms with Crippen molar-refractivity contribution in [2.75, 3.05) is 54.2 Å². The molecule has 1 heterocycles. The van der Waals surface area contributed by atoms with Crippen LogP contribution >= 0.6 is 0 Å². The van der Waals surface area contributed by atoms with Gasteiger partial charge in [0.2, 0.25) is 5.75 Å². The van der Waals surface area contributed by atoms with Gasteiger partial charge in [-0.1, -0.05) is 5.92 Å². The van der Waals surface area contributed by atoms with Crippen molar-refractivity contribution in [3.8, 4) is 18.1 Å². The molecule has 8 nitrogen and oxygen atoms in total. The molecule has 0 saturated heterocycles. The van der Waals surface area contributed by atoms with Crippen LogP contribution in [0.5, 0.6) is 5.75 Å². The lowest BCUT2D eigenvalue weighted by atomic mass is 10.4. The number of terminal acetylenes is 1. The molecule has 0 N–H and O–H groups in total. The fourth-order valence-electron chi connectivity index (χ4n) is 1.56. The van der Waals surface area contributed by atoms with E-state index in [2.05, 4.69) is 32.0 Å². The van der Waals surface area contributed by atoms with Gasteiger partial charge in [0.15, 0.2) is 10.1 Å². The van der Waals surface area contributed by atoms with Crippen molar-refractivity contribution < 1.29 is 40.4 Å². The van der Waals surface area contributed by atoms with Crippen molar-refractivity contribution in [2.45, 2.75) is 5.51 Å². The Morgan fingerprint density at radius 3 is 2.21 bits per heavy atom. The number of hydrogen-bond donors (Lipinski definition) is 0. The predicted molar refractivity (Wildman–Crippen MR) is 95.5 cm³/mol. The Balaban J connectivity index is 0.000000769. The zero-order chi connectivity index (χ0) is 21.8. The molecule has 0 aromatic carbocycles. The van der Waals surface area contributed by atoms with Crippen LogP contribution in [0.25, 0.3) is 0 Å². The molecule has 1 aromatic heterocycles. The highest BCUT2D eigenvalue weighted by atomic mass is 32.2. The van der Waals surface area contributed by atoms with E-state index in [0.29, 0.717) is 37.5 Å². The molecule has 0 bridgehead atoms. The highest BCUT2D eigenvalue weighted by Crippen LogP contribution is 2.26. The number of rotatable bonds is 9. The van der Waals surface area contributed by atoms with Crippen LogP contribution in [0.4, 0.5) is 19.0 Å². The lowest BCUT2D eigenvalue weighted by molar-refractivity contribution is -0.0517. The van der Waals surface area contributed by atoms with Gasteiger partial charge >= 0.3 is 5.51 Å². The van der Waals surface area contributed by atoms with Crippen LogP contribution in [0.15, 0.2) is 18.3 Å². The summed E-state index contributed by atoms with van der Waals surface area (Å²) >= 11 is 0. The van der Waals surface area contributed by atoms with Crippen LogP contribution in [0.2, 0.25) is 0 Å². The predicted octanol–water partition coefficient (Wildman–Crippen LogP) is 1.37. The second-order valence-corrected chi connectivity index (χ2v) is 7.33. The van der Waals surface area contributed by atoms with E-state index in [1.165, 1.54) is 0 Å². The van der Waals surface area contributed by atoms with Crippen LogP contribution in [-0.2, 0) is 19.6 Å². The highest BCUT2D eigenvalue weighted by Gasteiger charge is 2.36. The molecule has 0 aliphatic carbocycles. The second-order valence-electron chi connectivity index (χ2n) is 5.96. The summed E-state index contributed by atoms with van der Waals surface area (Å²) in [5.41, 5.74) is -5.65. The summed E-state index contributed by atoms with van der Waals surface area (Å²) in [6, 6.07) is 3.78. The minimum Gasteiger partial charge on any atom is -0.741 e. The van der Waals surface area contributed by atoms with Crippen LogP contribution < -0.4 is 9.22 Å². The first-order valence-electron chi connectivity index (χ1n) is 7.81. The summed E-state index contributed by atoms with van der Waals surface area (Å²) < 4.78 is 75.7. The number of alkyl halides is 3. The van der Waals surface area contributed by atoms with E-state index in [-0.39, 0.29) is 0 Å². The number of pyridine rings is 1. The molecule has 0 atom stereocenters. The second kappa shape index (κ2) is 11.8. The number of halogens is 3. The smallest absolute Gasteiger partial charge is 0.485 e. The van der Waals surface area contributed by atoms with Gasteiger partial charge in [-0.3, -0.25) is 4.48 Å². The molecule has 0 spiro atoms. The van der Waals surface area contributed by atoms with Gasteiger partial charge in [0.05, 0.1) is 41.0 Å². The van der Waals surface area contributed by atoms with Crippen molar-refractivity contribution in [3.63, 3.8) is 0 Å². The average Bonchev–Trinajstić information content (AvgIpc) is 2.55. The molecule has 0 fully saturated rings.